The predicted molar refractivity (Wildman–Crippen MR) is 90.5 cm³/mol. The third-order valence-corrected chi connectivity index (χ3v) is 3.97. The molecule has 3 amide bonds. The number of rotatable bonds is 2. The second kappa shape index (κ2) is 6.95. The number of nitriles is 1. The van der Waals surface area contributed by atoms with Gasteiger partial charge < -0.3 is 20.1 Å². The van der Waals surface area contributed by atoms with E-state index >= 15 is 0 Å². The summed E-state index contributed by atoms with van der Waals surface area (Å²) in [7, 11) is 1.75. The van der Waals surface area contributed by atoms with Crippen molar-refractivity contribution >= 4 is 11.9 Å². The number of aryl methyl sites for hydroxylation is 1. The summed E-state index contributed by atoms with van der Waals surface area (Å²) in [6.07, 6.45) is 3.08. The zero-order valence-corrected chi connectivity index (χ0v) is 14.7. The minimum atomic E-state index is -0.257. The second-order valence-electron chi connectivity index (χ2n) is 7.25. The van der Waals surface area contributed by atoms with Gasteiger partial charge in [0.1, 0.15) is 11.8 Å². The maximum atomic E-state index is 12.3. The highest BCUT2D eigenvalue weighted by molar-refractivity contribution is 5.93. The molecule has 0 radical (unpaired) electrons. The number of piperidine rings is 1. The molecule has 0 unspecified atom stereocenters. The Morgan fingerprint density at radius 3 is 2.42 bits per heavy atom. The highest BCUT2D eigenvalue weighted by Gasteiger charge is 2.26. The first-order valence-electron chi connectivity index (χ1n) is 8.14. The molecule has 2 heterocycles. The number of likely N-dealkylation sites (tertiary alicyclic amines) is 1. The molecular weight excluding hydrogens is 306 g/mol. The molecule has 1 aliphatic heterocycles. The van der Waals surface area contributed by atoms with Crippen LogP contribution in [0, 0.1) is 11.3 Å². The number of hydrogen-bond donors (Lipinski definition) is 2. The molecule has 7 heteroatoms. The van der Waals surface area contributed by atoms with Crippen LogP contribution in [-0.2, 0) is 7.05 Å². The van der Waals surface area contributed by atoms with Crippen molar-refractivity contribution in [2.75, 3.05) is 13.1 Å². The number of hydrogen-bond acceptors (Lipinski definition) is 3. The van der Waals surface area contributed by atoms with E-state index in [9.17, 15) is 9.59 Å². The van der Waals surface area contributed by atoms with Crippen LogP contribution < -0.4 is 10.6 Å². The lowest BCUT2D eigenvalue weighted by Gasteiger charge is -2.34. The van der Waals surface area contributed by atoms with E-state index in [4.69, 9.17) is 5.26 Å². The molecule has 130 valence electrons. The van der Waals surface area contributed by atoms with Crippen LogP contribution in [0.15, 0.2) is 12.3 Å². The number of nitrogens with one attached hydrogen (secondary N) is 2. The highest BCUT2D eigenvalue weighted by atomic mass is 16.2. The minimum Gasteiger partial charge on any atom is -0.348 e. The van der Waals surface area contributed by atoms with Gasteiger partial charge >= 0.3 is 6.03 Å². The van der Waals surface area contributed by atoms with E-state index in [1.165, 1.54) is 0 Å². The van der Waals surface area contributed by atoms with Gasteiger partial charge in [0.2, 0.25) is 0 Å². The lowest BCUT2D eigenvalue weighted by atomic mass is 10.0. The molecule has 0 spiro atoms. The summed E-state index contributed by atoms with van der Waals surface area (Å²) in [5.41, 5.74) is 0.684. The Kier molecular flexibility index (Phi) is 5.17. The fourth-order valence-corrected chi connectivity index (χ4v) is 2.74. The molecule has 0 atom stereocenters. The number of aromatic nitrogens is 1. The van der Waals surface area contributed by atoms with Crippen molar-refractivity contribution in [1.82, 2.24) is 20.1 Å². The van der Waals surface area contributed by atoms with Gasteiger partial charge in [0.25, 0.3) is 5.91 Å². The van der Waals surface area contributed by atoms with Crippen molar-refractivity contribution in [3.05, 3.63) is 23.5 Å². The van der Waals surface area contributed by atoms with Crippen molar-refractivity contribution in [3.63, 3.8) is 0 Å². The summed E-state index contributed by atoms with van der Waals surface area (Å²) in [5.74, 6) is -0.184. The summed E-state index contributed by atoms with van der Waals surface area (Å²) < 4.78 is 1.65. The van der Waals surface area contributed by atoms with E-state index in [2.05, 4.69) is 10.6 Å². The van der Waals surface area contributed by atoms with Crippen molar-refractivity contribution in [3.8, 4) is 6.07 Å². The Bertz CT molecular complexity index is 658. The monoisotopic (exact) mass is 331 g/mol. The van der Waals surface area contributed by atoms with E-state index < -0.39 is 0 Å². The first kappa shape index (κ1) is 17.9. The third-order valence-electron chi connectivity index (χ3n) is 3.97. The molecule has 1 aromatic heterocycles. The van der Waals surface area contributed by atoms with Gasteiger partial charge in [-0.15, -0.1) is 0 Å². The topological polar surface area (TPSA) is 90.2 Å². The normalized spacial score (nSPS) is 15.7. The summed E-state index contributed by atoms with van der Waals surface area (Å²) in [5, 5.41) is 14.8. The Morgan fingerprint density at radius 1 is 1.29 bits per heavy atom. The summed E-state index contributed by atoms with van der Waals surface area (Å²) in [6.45, 7) is 7.08. The number of amides is 3. The fraction of sp³-hybridized carbons (Fsp3) is 0.588. The van der Waals surface area contributed by atoms with Gasteiger partial charge in [-0.1, -0.05) is 0 Å². The van der Waals surface area contributed by atoms with Gasteiger partial charge in [-0.3, -0.25) is 4.79 Å². The van der Waals surface area contributed by atoms with E-state index in [1.807, 2.05) is 26.8 Å². The van der Waals surface area contributed by atoms with Crippen molar-refractivity contribution in [1.29, 1.82) is 5.26 Å². The molecule has 0 aliphatic carbocycles. The average molecular weight is 331 g/mol. The van der Waals surface area contributed by atoms with E-state index in [1.54, 1.807) is 28.8 Å². The second-order valence-corrected chi connectivity index (χ2v) is 7.25. The molecule has 24 heavy (non-hydrogen) atoms. The molecule has 1 fully saturated rings. The van der Waals surface area contributed by atoms with Crippen LogP contribution in [0.25, 0.3) is 0 Å². The zero-order chi connectivity index (χ0) is 17.9. The third kappa shape index (κ3) is 4.51. The van der Waals surface area contributed by atoms with Crippen LogP contribution in [0.5, 0.6) is 0 Å². The Morgan fingerprint density at radius 2 is 1.92 bits per heavy atom. The fourth-order valence-electron chi connectivity index (χ4n) is 2.74. The molecule has 0 saturated carbocycles. The van der Waals surface area contributed by atoms with E-state index in [0.29, 0.717) is 24.3 Å². The highest BCUT2D eigenvalue weighted by Crippen LogP contribution is 2.13. The maximum absolute atomic E-state index is 12.3. The van der Waals surface area contributed by atoms with Gasteiger partial charge in [0.05, 0.1) is 5.56 Å². The number of carbonyl (C=O) groups excluding carboxylic acids is 2. The van der Waals surface area contributed by atoms with Gasteiger partial charge in [0, 0.05) is 37.9 Å². The van der Waals surface area contributed by atoms with E-state index in [-0.39, 0.29) is 23.5 Å². The average Bonchev–Trinajstić information content (AvgIpc) is 2.87. The van der Waals surface area contributed by atoms with Gasteiger partial charge in [-0.2, -0.15) is 5.26 Å². The largest absolute Gasteiger partial charge is 0.348 e. The summed E-state index contributed by atoms with van der Waals surface area (Å²) >= 11 is 0. The van der Waals surface area contributed by atoms with Gasteiger partial charge in [0.15, 0.2) is 0 Å². The van der Waals surface area contributed by atoms with Crippen LogP contribution in [0.4, 0.5) is 4.79 Å². The van der Waals surface area contributed by atoms with Gasteiger partial charge in [-0.05, 0) is 39.7 Å². The quantitative estimate of drug-likeness (QED) is 0.862. The molecule has 7 nitrogen and oxygen atoms in total. The van der Waals surface area contributed by atoms with Crippen LogP contribution in [0.3, 0.4) is 0 Å². The Balaban J connectivity index is 1.87. The van der Waals surface area contributed by atoms with Crippen molar-refractivity contribution < 1.29 is 9.59 Å². The number of urea groups is 1. The van der Waals surface area contributed by atoms with Crippen molar-refractivity contribution in [2.45, 2.75) is 45.2 Å². The molecule has 1 aromatic rings. The van der Waals surface area contributed by atoms with Crippen LogP contribution >= 0.6 is 0 Å². The Hall–Kier alpha value is -2.49. The molecular formula is C17H25N5O2. The molecule has 1 saturated heterocycles. The summed E-state index contributed by atoms with van der Waals surface area (Å²) in [6, 6.07) is 3.59. The molecule has 2 N–H and O–H groups in total. The zero-order valence-electron chi connectivity index (χ0n) is 14.7. The Labute approximate surface area is 142 Å². The molecule has 0 bridgehead atoms. The number of carbonyl (C=O) groups is 2. The number of nitrogens with zero attached hydrogens (tertiary/aromatic N) is 3. The molecule has 1 aliphatic rings. The smallest absolute Gasteiger partial charge is 0.317 e. The molecule has 0 aromatic carbocycles. The maximum Gasteiger partial charge on any atom is 0.317 e. The van der Waals surface area contributed by atoms with Crippen LogP contribution in [0.2, 0.25) is 0 Å². The van der Waals surface area contributed by atoms with Gasteiger partial charge in [-0.25, -0.2) is 4.79 Å². The predicted octanol–water partition coefficient (Wildman–Crippen LogP) is 1.60. The minimum absolute atomic E-state index is 0.0385. The van der Waals surface area contributed by atoms with Crippen LogP contribution in [-0.4, -0.2) is 46.1 Å². The van der Waals surface area contributed by atoms with Crippen LogP contribution in [0.1, 0.15) is 49.7 Å². The van der Waals surface area contributed by atoms with E-state index in [0.717, 1.165) is 12.8 Å². The lowest BCUT2D eigenvalue weighted by molar-refractivity contribution is 0.0909. The first-order chi connectivity index (χ1) is 11.2. The first-order valence-corrected chi connectivity index (χ1v) is 8.14. The standard InChI is InChI=1S/C17H25N5O2/c1-17(2,3)20-16(24)22-7-5-13(6-8-22)19-15(23)14-9-12(10-18)11-21(14)4/h9,11,13H,5-8H2,1-4H3,(H,19,23)(H,20,24). The summed E-state index contributed by atoms with van der Waals surface area (Å²) in [4.78, 5) is 26.3. The van der Waals surface area contributed by atoms with Crippen molar-refractivity contribution in [2.24, 2.45) is 7.05 Å². The lowest BCUT2D eigenvalue weighted by Crippen LogP contribution is -2.53. The SMILES string of the molecule is Cn1cc(C#N)cc1C(=O)NC1CCN(C(=O)NC(C)(C)C)CC1. The molecule has 2 rings (SSSR count).